The molecule has 0 fully saturated rings. The summed E-state index contributed by atoms with van der Waals surface area (Å²) in [5, 5.41) is 7.85. The van der Waals surface area contributed by atoms with E-state index in [1.54, 1.807) is 7.11 Å². The maximum Gasteiger partial charge on any atom is 0.126 e. The highest BCUT2D eigenvalue weighted by Gasteiger charge is 2.07. The Kier molecular flexibility index (Phi) is 5.94. The molecule has 1 heterocycles. The number of benzene rings is 3. The van der Waals surface area contributed by atoms with Crippen LogP contribution in [-0.2, 0) is 6.42 Å². The van der Waals surface area contributed by atoms with Crippen molar-refractivity contribution in [1.29, 1.82) is 0 Å². The number of pyridine rings is 1. The summed E-state index contributed by atoms with van der Waals surface area (Å²) in [5.41, 5.74) is 8.56. The van der Waals surface area contributed by atoms with Crippen LogP contribution < -0.4 is 10.2 Å². The lowest BCUT2D eigenvalue weighted by Crippen LogP contribution is -1.96. The Hall–Kier alpha value is -3.40. The highest BCUT2D eigenvalue weighted by molar-refractivity contribution is 6.02. The third kappa shape index (κ3) is 4.13. The molecule has 3 aromatic carbocycles. The van der Waals surface area contributed by atoms with E-state index in [4.69, 9.17) is 4.74 Å². The highest BCUT2D eigenvalue weighted by atomic mass is 16.5. The van der Waals surface area contributed by atoms with Crippen molar-refractivity contribution < 1.29 is 4.74 Å². The lowest BCUT2D eigenvalue weighted by atomic mass is 10.0. The fourth-order valence-electron chi connectivity index (χ4n) is 3.79. The molecule has 0 aliphatic rings. The Morgan fingerprint density at radius 1 is 1.00 bits per heavy atom. The number of fused-ring (bicyclic) bond motifs is 2. The topological polar surface area (TPSA) is 46.5 Å². The van der Waals surface area contributed by atoms with E-state index in [9.17, 15) is 0 Å². The van der Waals surface area contributed by atoms with Crippen LogP contribution in [0.2, 0.25) is 0 Å². The third-order valence-corrected chi connectivity index (χ3v) is 5.35. The average molecular weight is 398 g/mol. The van der Waals surface area contributed by atoms with Crippen molar-refractivity contribution >= 4 is 33.6 Å². The van der Waals surface area contributed by atoms with E-state index in [1.165, 1.54) is 18.4 Å². The van der Waals surface area contributed by atoms with Crippen molar-refractivity contribution in [3.8, 4) is 5.75 Å². The molecule has 152 valence electrons. The third-order valence-electron chi connectivity index (χ3n) is 5.35. The molecule has 1 aromatic heterocycles. The van der Waals surface area contributed by atoms with Crippen molar-refractivity contribution in [1.82, 2.24) is 4.98 Å². The van der Waals surface area contributed by atoms with Gasteiger partial charge in [0.2, 0.25) is 0 Å². The summed E-state index contributed by atoms with van der Waals surface area (Å²) in [7, 11) is 1.70. The summed E-state index contributed by atoms with van der Waals surface area (Å²) >= 11 is 0. The molecule has 1 N–H and O–H groups in total. The Balaban J connectivity index is 1.66. The van der Waals surface area contributed by atoms with Crippen LogP contribution >= 0.6 is 0 Å². The van der Waals surface area contributed by atoms with Crippen LogP contribution in [0.15, 0.2) is 65.8 Å². The number of rotatable bonds is 7. The maximum absolute atomic E-state index is 5.49. The zero-order valence-corrected chi connectivity index (χ0v) is 17.8. The van der Waals surface area contributed by atoms with Crippen LogP contribution in [0, 0.1) is 6.92 Å². The van der Waals surface area contributed by atoms with Gasteiger partial charge in [-0.2, -0.15) is 5.10 Å². The number of nitrogens with one attached hydrogen (secondary N) is 1. The van der Waals surface area contributed by atoms with Crippen LogP contribution in [-0.4, -0.2) is 18.3 Å². The van der Waals surface area contributed by atoms with Crippen LogP contribution in [0.1, 0.15) is 36.6 Å². The van der Waals surface area contributed by atoms with Gasteiger partial charge in [-0.3, -0.25) is 10.4 Å². The summed E-state index contributed by atoms with van der Waals surface area (Å²) in [6.07, 6.45) is 5.33. The number of ether oxygens (including phenoxy) is 1. The molecule has 0 aliphatic carbocycles. The second-order valence-corrected chi connectivity index (χ2v) is 7.54. The van der Waals surface area contributed by atoms with Crippen LogP contribution in [0.5, 0.6) is 5.75 Å². The first-order chi connectivity index (χ1) is 14.7. The molecule has 0 bridgehead atoms. The Labute approximate surface area is 177 Å². The standard InChI is InChI=1S/C26H27N3O/c1-4-5-8-19-11-13-24-23(16-19)25(15-18(2)28-24)29-27-17-20-12-14-26(30-3)22-10-7-6-9-21(20)22/h6-7,9-17H,4-5,8H2,1-3H3,(H,28,29). The number of unbranched alkanes of at least 4 members (excludes halogenated alkanes) is 1. The maximum atomic E-state index is 5.49. The molecule has 4 nitrogen and oxygen atoms in total. The predicted molar refractivity (Wildman–Crippen MR) is 127 cm³/mol. The molecular weight excluding hydrogens is 370 g/mol. The summed E-state index contributed by atoms with van der Waals surface area (Å²) in [6.45, 7) is 4.23. The number of nitrogens with zero attached hydrogens (tertiary/aromatic N) is 2. The van der Waals surface area contributed by atoms with Gasteiger partial charge in [0, 0.05) is 22.0 Å². The molecule has 0 amide bonds. The zero-order chi connectivity index (χ0) is 20.9. The van der Waals surface area contributed by atoms with Crippen molar-refractivity contribution in [3.63, 3.8) is 0 Å². The van der Waals surface area contributed by atoms with E-state index in [0.29, 0.717) is 0 Å². The van der Waals surface area contributed by atoms with Gasteiger partial charge in [-0.15, -0.1) is 0 Å². The predicted octanol–water partition coefficient (Wildman–Crippen LogP) is 6.49. The molecule has 0 atom stereocenters. The second kappa shape index (κ2) is 8.95. The molecule has 4 heteroatoms. The van der Waals surface area contributed by atoms with E-state index in [2.05, 4.69) is 58.8 Å². The van der Waals surface area contributed by atoms with Crippen molar-refractivity contribution in [3.05, 3.63) is 77.5 Å². The minimum absolute atomic E-state index is 0.867. The molecule has 0 saturated carbocycles. The number of aromatic nitrogens is 1. The summed E-state index contributed by atoms with van der Waals surface area (Å²) in [5.74, 6) is 0.867. The van der Waals surface area contributed by atoms with Crippen molar-refractivity contribution in [2.24, 2.45) is 5.10 Å². The summed E-state index contributed by atoms with van der Waals surface area (Å²) in [4.78, 5) is 4.68. The van der Waals surface area contributed by atoms with E-state index < -0.39 is 0 Å². The normalized spacial score (nSPS) is 11.4. The molecule has 0 unspecified atom stereocenters. The van der Waals surface area contributed by atoms with E-state index >= 15 is 0 Å². The van der Waals surface area contributed by atoms with Gasteiger partial charge in [-0.25, -0.2) is 0 Å². The van der Waals surface area contributed by atoms with Gasteiger partial charge < -0.3 is 4.74 Å². The van der Waals surface area contributed by atoms with Gasteiger partial charge in [0.15, 0.2) is 0 Å². The molecule has 0 radical (unpaired) electrons. The number of hydrogen-bond donors (Lipinski definition) is 1. The quantitative estimate of drug-likeness (QED) is 0.286. The van der Waals surface area contributed by atoms with Crippen molar-refractivity contribution in [2.75, 3.05) is 12.5 Å². The van der Waals surface area contributed by atoms with Gasteiger partial charge in [-0.1, -0.05) is 43.7 Å². The minimum Gasteiger partial charge on any atom is -0.496 e. The number of hydrogen-bond acceptors (Lipinski definition) is 4. The van der Waals surface area contributed by atoms with Crippen LogP contribution in [0.4, 0.5) is 5.69 Å². The van der Waals surface area contributed by atoms with Gasteiger partial charge >= 0.3 is 0 Å². The second-order valence-electron chi connectivity index (χ2n) is 7.54. The van der Waals surface area contributed by atoms with E-state index in [1.807, 2.05) is 37.4 Å². The number of anilines is 1. The Morgan fingerprint density at radius 3 is 2.63 bits per heavy atom. The Bertz CT molecular complexity index is 1210. The lowest BCUT2D eigenvalue weighted by Gasteiger charge is -2.10. The fraction of sp³-hybridized carbons (Fsp3) is 0.231. The van der Waals surface area contributed by atoms with Crippen molar-refractivity contribution in [2.45, 2.75) is 33.1 Å². The van der Waals surface area contributed by atoms with E-state index in [0.717, 1.165) is 50.8 Å². The largest absolute Gasteiger partial charge is 0.496 e. The molecule has 0 saturated heterocycles. The van der Waals surface area contributed by atoms with Gasteiger partial charge in [0.25, 0.3) is 0 Å². The molecule has 0 aliphatic heterocycles. The first kappa shape index (κ1) is 19.9. The SMILES string of the molecule is CCCCc1ccc2nc(C)cc(NN=Cc3ccc(OC)c4ccccc34)c2c1. The molecule has 4 rings (SSSR count). The van der Waals surface area contributed by atoms with Crippen LogP contribution in [0.25, 0.3) is 21.7 Å². The molecular formula is C26H27N3O. The molecule has 4 aromatic rings. The van der Waals surface area contributed by atoms with E-state index in [-0.39, 0.29) is 0 Å². The zero-order valence-electron chi connectivity index (χ0n) is 17.8. The number of aryl methyl sites for hydroxylation is 2. The first-order valence-electron chi connectivity index (χ1n) is 10.4. The fourth-order valence-corrected chi connectivity index (χ4v) is 3.79. The number of hydrazone groups is 1. The monoisotopic (exact) mass is 397 g/mol. The minimum atomic E-state index is 0.867. The van der Waals surface area contributed by atoms with Gasteiger partial charge in [-0.05, 0) is 61.0 Å². The van der Waals surface area contributed by atoms with Gasteiger partial charge in [0.05, 0.1) is 24.5 Å². The van der Waals surface area contributed by atoms with Crippen LogP contribution in [0.3, 0.4) is 0 Å². The smallest absolute Gasteiger partial charge is 0.126 e. The highest BCUT2D eigenvalue weighted by Crippen LogP contribution is 2.28. The summed E-state index contributed by atoms with van der Waals surface area (Å²) < 4.78 is 5.49. The lowest BCUT2D eigenvalue weighted by molar-refractivity contribution is 0.420. The number of methoxy groups -OCH3 is 1. The Morgan fingerprint density at radius 2 is 1.83 bits per heavy atom. The average Bonchev–Trinajstić information content (AvgIpc) is 2.77. The molecule has 30 heavy (non-hydrogen) atoms. The van der Waals surface area contributed by atoms with Gasteiger partial charge in [0.1, 0.15) is 5.75 Å². The summed E-state index contributed by atoms with van der Waals surface area (Å²) in [6, 6.07) is 20.8. The first-order valence-corrected chi connectivity index (χ1v) is 10.4. The molecule has 0 spiro atoms.